The molecule has 0 bridgehead atoms. The van der Waals surface area contributed by atoms with E-state index in [0.29, 0.717) is 25.9 Å². The summed E-state index contributed by atoms with van der Waals surface area (Å²) in [4.78, 5) is 23.3. The van der Waals surface area contributed by atoms with Crippen LogP contribution in [0.1, 0.15) is 44.9 Å². The van der Waals surface area contributed by atoms with E-state index in [-0.39, 0.29) is 11.9 Å². The number of hydrogen-bond donors (Lipinski definition) is 1. The first-order chi connectivity index (χ1) is 7.65. The van der Waals surface area contributed by atoms with Gasteiger partial charge < -0.3 is 9.84 Å². The highest BCUT2D eigenvalue weighted by Crippen LogP contribution is 2.39. The summed E-state index contributed by atoms with van der Waals surface area (Å²) in [5.74, 6) is -1.05. The molecule has 16 heavy (non-hydrogen) atoms. The summed E-state index contributed by atoms with van der Waals surface area (Å²) in [5.41, 5.74) is -1.15. The molecule has 0 spiro atoms. The monoisotopic (exact) mass is 226 g/mol. The molecule has 2 aliphatic rings. The topological polar surface area (TPSA) is 63.6 Å². The molecule has 0 aromatic heterocycles. The van der Waals surface area contributed by atoms with Gasteiger partial charge in [-0.1, -0.05) is 6.42 Å². The van der Waals surface area contributed by atoms with Crippen LogP contribution in [0.3, 0.4) is 0 Å². The molecule has 0 amide bonds. The van der Waals surface area contributed by atoms with Crippen LogP contribution in [0.5, 0.6) is 0 Å². The van der Waals surface area contributed by atoms with Crippen molar-refractivity contribution in [2.24, 2.45) is 5.41 Å². The van der Waals surface area contributed by atoms with Crippen LogP contribution in [0.25, 0.3) is 0 Å². The van der Waals surface area contributed by atoms with Gasteiger partial charge in [0, 0.05) is 13.0 Å². The van der Waals surface area contributed by atoms with Crippen molar-refractivity contribution in [2.45, 2.75) is 51.0 Å². The Labute approximate surface area is 95.0 Å². The Morgan fingerprint density at radius 1 is 1.44 bits per heavy atom. The summed E-state index contributed by atoms with van der Waals surface area (Å²) < 4.78 is 5.46. The number of carbonyl (C=O) groups excluding carboxylic acids is 1. The molecule has 1 N–H and O–H groups in total. The molecular formula is C12H18O4. The van der Waals surface area contributed by atoms with E-state index in [9.17, 15) is 14.7 Å². The lowest BCUT2D eigenvalue weighted by molar-refractivity contribution is -0.159. The van der Waals surface area contributed by atoms with E-state index in [1.165, 1.54) is 0 Å². The van der Waals surface area contributed by atoms with Gasteiger partial charge in [-0.15, -0.1) is 0 Å². The first-order valence-electron chi connectivity index (χ1n) is 6.03. The van der Waals surface area contributed by atoms with Gasteiger partial charge in [-0.25, -0.2) is 0 Å². The predicted octanol–water partition coefficient (Wildman–Crippen LogP) is 1.77. The molecule has 2 fully saturated rings. The van der Waals surface area contributed by atoms with Gasteiger partial charge in [0.25, 0.3) is 0 Å². The van der Waals surface area contributed by atoms with Crippen molar-refractivity contribution < 1.29 is 19.4 Å². The summed E-state index contributed by atoms with van der Waals surface area (Å²) in [6.07, 6.45) is 4.79. The van der Waals surface area contributed by atoms with Gasteiger partial charge in [0.1, 0.15) is 11.2 Å². The van der Waals surface area contributed by atoms with Crippen molar-refractivity contribution in [3.63, 3.8) is 0 Å². The van der Waals surface area contributed by atoms with Crippen molar-refractivity contribution >= 4 is 11.8 Å². The zero-order chi connectivity index (χ0) is 11.6. The Balaban J connectivity index is 2.13. The molecule has 1 saturated heterocycles. The van der Waals surface area contributed by atoms with E-state index < -0.39 is 11.4 Å². The molecule has 0 aromatic rings. The minimum Gasteiger partial charge on any atom is -0.480 e. The zero-order valence-electron chi connectivity index (χ0n) is 9.41. The van der Waals surface area contributed by atoms with Crippen molar-refractivity contribution in [3.8, 4) is 0 Å². The van der Waals surface area contributed by atoms with Gasteiger partial charge >= 0.3 is 5.97 Å². The van der Waals surface area contributed by atoms with Gasteiger partial charge in [-0.2, -0.15) is 0 Å². The average molecular weight is 226 g/mol. The lowest BCUT2D eigenvalue weighted by Gasteiger charge is -2.33. The standard InChI is InChI=1S/C12H18O4/c13-10-5-1-2-6-12(10,11(14)15)8-9-4-3-7-16-9/h9H,1-8H2,(H,14,15). The number of Topliss-reactive ketones (excluding diaryl/α,β-unsaturated/α-hetero) is 1. The minimum atomic E-state index is -1.15. The summed E-state index contributed by atoms with van der Waals surface area (Å²) in [7, 11) is 0. The summed E-state index contributed by atoms with van der Waals surface area (Å²) >= 11 is 0. The molecule has 2 unspecified atom stereocenters. The van der Waals surface area contributed by atoms with E-state index >= 15 is 0 Å². The van der Waals surface area contributed by atoms with Crippen LogP contribution >= 0.6 is 0 Å². The van der Waals surface area contributed by atoms with Crippen LogP contribution in [0.2, 0.25) is 0 Å². The number of hydrogen-bond acceptors (Lipinski definition) is 3. The highest BCUT2D eigenvalue weighted by Gasteiger charge is 2.48. The van der Waals surface area contributed by atoms with Gasteiger partial charge in [0.2, 0.25) is 0 Å². The summed E-state index contributed by atoms with van der Waals surface area (Å²) in [5, 5.41) is 9.34. The molecule has 0 aromatic carbocycles. The van der Waals surface area contributed by atoms with E-state index in [4.69, 9.17) is 4.74 Å². The Morgan fingerprint density at radius 2 is 2.25 bits per heavy atom. The maximum Gasteiger partial charge on any atom is 0.317 e. The van der Waals surface area contributed by atoms with Gasteiger partial charge in [-0.3, -0.25) is 9.59 Å². The third-order valence-electron chi connectivity index (χ3n) is 3.80. The molecular weight excluding hydrogens is 208 g/mol. The molecule has 0 radical (unpaired) electrons. The highest BCUT2D eigenvalue weighted by atomic mass is 16.5. The first kappa shape index (κ1) is 11.6. The summed E-state index contributed by atoms with van der Waals surface area (Å²) in [6.45, 7) is 0.703. The molecule has 90 valence electrons. The Morgan fingerprint density at radius 3 is 2.81 bits per heavy atom. The lowest BCUT2D eigenvalue weighted by Crippen LogP contribution is -2.44. The second-order valence-electron chi connectivity index (χ2n) is 4.86. The van der Waals surface area contributed by atoms with Crippen LogP contribution in [-0.4, -0.2) is 29.6 Å². The number of carboxylic acid groups (broad SMARTS) is 1. The largest absolute Gasteiger partial charge is 0.480 e. The fraction of sp³-hybridized carbons (Fsp3) is 0.833. The Hall–Kier alpha value is -0.900. The molecule has 1 heterocycles. The minimum absolute atomic E-state index is 0.0295. The van der Waals surface area contributed by atoms with E-state index in [2.05, 4.69) is 0 Å². The Kier molecular flexibility index (Phi) is 3.28. The van der Waals surface area contributed by atoms with Crippen LogP contribution in [0, 0.1) is 5.41 Å². The van der Waals surface area contributed by atoms with E-state index in [0.717, 1.165) is 25.7 Å². The van der Waals surface area contributed by atoms with Gasteiger partial charge in [0.05, 0.1) is 6.10 Å². The number of ether oxygens (including phenoxy) is 1. The normalized spacial score (nSPS) is 35.2. The SMILES string of the molecule is O=C(O)C1(CC2CCCO2)CCCCC1=O. The third-order valence-corrected chi connectivity index (χ3v) is 3.80. The van der Waals surface area contributed by atoms with Crippen molar-refractivity contribution in [2.75, 3.05) is 6.61 Å². The molecule has 1 aliphatic carbocycles. The van der Waals surface area contributed by atoms with Crippen molar-refractivity contribution in [1.29, 1.82) is 0 Å². The molecule has 1 aliphatic heterocycles. The predicted molar refractivity (Wildman–Crippen MR) is 57.1 cm³/mol. The lowest BCUT2D eigenvalue weighted by atomic mass is 9.69. The van der Waals surface area contributed by atoms with Crippen molar-refractivity contribution in [1.82, 2.24) is 0 Å². The number of rotatable bonds is 3. The van der Waals surface area contributed by atoms with Crippen LogP contribution < -0.4 is 0 Å². The fourth-order valence-corrected chi connectivity index (χ4v) is 2.81. The maximum atomic E-state index is 11.9. The third kappa shape index (κ3) is 1.98. The molecule has 4 nitrogen and oxygen atoms in total. The van der Waals surface area contributed by atoms with E-state index in [1.807, 2.05) is 0 Å². The first-order valence-corrected chi connectivity index (χ1v) is 6.03. The van der Waals surface area contributed by atoms with E-state index in [1.54, 1.807) is 0 Å². The fourth-order valence-electron chi connectivity index (χ4n) is 2.81. The zero-order valence-corrected chi connectivity index (χ0v) is 9.41. The van der Waals surface area contributed by atoms with Crippen LogP contribution in [0.4, 0.5) is 0 Å². The average Bonchev–Trinajstić information content (AvgIpc) is 2.74. The van der Waals surface area contributed by atoms with Gasteiger partial charge in [-0.05, 0) is 32.1 Å². The van der Waals surface area contributed by atoms with Crippen LogP contribution in [0.15, 0.2) is 0 Å². The number of carbonyl (C=O) groups is 2. The Bertz CT molecular complexity index is 293. The molecule has 2 rings (SSSR count). The number of aliphatic carboxylic acids is 1. The van der Waals surface area contributed by atoms with Crippen molar-refractivity contribution in [3.05, 3.63) is 0 Å². The molecule has 4 heteroatoms. The second-order valence-corrected chi connectivity index (χ2v) is 4.86. The quantitative estimate of drug-likeness (QED) is 0.745. The van der Waals surface area contributed by atoms with Gasteiger partial charge in [0.15, 0.2) is 0 Å². The van der Waals surface area contributed by atoms with Crippen LogP contribution in [-0.2, 0) is 14.3 Å². The number of ketones is 1. The number of carboxylic acids is 1. The molecule has 1 saturated carbocycles. The smallest absolute Gasteiger partial charge is 0.317 e. The molecule has 2 atom stereocenters. The summed E-state index contributed by atoms with van der Waals surface area (Å²) in [6, 6.07) is 0. The second kappa shape index (κ2) is 4.53. The maximum absolute atomic E-state index is 11.9. The highest BCUT2D eigenvalue weighted by molar-refractivity contribution is 6.03.